The van der Waals surface area contributed by atoms with E-state index in [1.165, 1.54) is 17.4 Å². The molecular weight excluding hydrogens is 158 g/mol. The van der Waals surface area contributed by atoms with Crippen LogP contribution in [-0.4, -0.2) is 4.98 Å². The van der Waals surface area contributed by atoms with Gasteiger partial charge < -0.3 is 0 Å². The molecular formula is C8H5NOS. The van der Waals surface area contributed by atoms with E-state index in [4.69, 9.17) is 0 Å². The number of nitrogens with zero attached hydrogens (tertiary/aromatic N) is 1. The lowest BCUT2D eigenvalue weighted by Gasteiger charge is -1.72. The summed E-state index contributed by atoms with van der Waals surface area (Å²) in [6, 6.07) is 5.04. The molecule has 2 nitrogen and oxygen atoms in total. The predicted octanol–water partition coefficient (Wildman–Crippen LogP) is 1.66. The second-order valence-corrected chi connectivity index (χ2v) is 3.05. The van der Waals surface area contributed by atoms with Crippen LogP contribution in [0, 0.1) is 0 Å². The summed E-state index contributed by atoms with van der Waals surface area (Å²) in [4.78, 5) is 15.3. The van der Waals surface area contributed by atoms with Gasteiger partial charge in [-0.3, -0.25) is 9.78 Å². The van der Waals surface area contributed by atoms with Crippen LogP contribution in [0.5, 0.6) is 0 Å². The van der Waals surface area contributed by atoms with Crippen molar-refractivity contribution in [3.63, 3.8) is 0 Å². The minimum Gasteiger partial charge on any atom is -0.288 e. The molecule has 0 amide bonds. The number of aromatic nitrogens is 1. The van der Waals surface area contributed by atoms with Crippen LogP contribution in [0.25, 0.3) is 10.2 Å². The van der Waals surface area contributed by atoms with Gasteiger partial charge in [0.05, 0.1) is 5.52 Å². The highest BCUT2D eigenvalue weighted by Crippen LogP contribution is 2.11. The summed E-state index contributed by atoms with van der Waals surface area (Å²) >= 11 is 1.43. The topological polar surface area (TPSA) is 30.0 Å². The number of thiophene rings is 1. The Labute approximate surface area is 67.1 Å². The molecule has 0 aromatic carbocycles. The van der Waals surface area contributed by atoms with Gasteiger partial charge >= 0.3 is 0 Å². The molecule has 0 atom stereocenters. The maximum absolute atomic E-state index is 11.2. The Bertz CT molecular complexity index is 435. The first-order valence-electron chi connectivity index (χ1n) is 3.20. The number of fused-ring (bicyclic) bond motifs is 1. The maximum atomic E-state index is 11.2. The minimum atomic E-state index is 0.0486. The Morgan fingerprint density at radius 2 is 2.27 bits per heavy atom. The molecule has 54 valence electrons. The van der Waals surface area contributed by atoms with Crippen LogP contribution in [0.15, 0.2) is 34.6 Å². The third kappa shape index (κ3) is 1.03. The Morgan fingerprint density at radius 1 is 1.36 bits per heavy atom. The van der Waals surface area contributed by atoms with Crippen molar-refractivity contribution in [1.82, 2.24) is 4.98 Å². The van der Waals surface area contributed by atoms with Crippen molar-refractivity contribution in [3.8, 4) is 0 Å². The van der Waals surface area contributed by atoms with E-state index >= 15 is 0 Å². The standard InChI is InChI=1S/C8H5NOS/c10-7-2-1-4-9-6-3-5-11-8(6)7/h1-5H. The Morgan fingerprint density at radius 3 is 3.18 bits per heavy atom. The van der Waals surface area contributed by atoms with Gasteiger partial charge in [-0.1, -0.05) is 0 Å². The highest BCUT2D eigenvalue weighted by molar-refractivity contribution is 7.17. The van der Waals surface area contributed by atoms with E-state index in [0.717, 1.165) is 10.2 Å². The summed E-state index contributed by atoms with van der Waals surface area (Å²) in [5.41, 5.74) is 0.831. The summed E-state index contributed by atoms with van der Waals surface area (Å²) in [5, 5.41) is 1.87. The van der Waals surface area contributed by atoms with Crippen LogP contribution in [0.3, 0.4) is 0 Å². The molecule has 0 fully saturated rings. The molecule has 0 unspecified atom stereocenters. The van der Waals surface area contributed by atoms with Crippen molar-refractivity contribution in [2.45, 2.75) is 0 Å². The van der Waals surface area contributed by atoms with Crippen molar-refractivity contribution >= 4 is 21.6 Å². The zero-order chi connectivity index (χ0) is 7.68. The number of rotatable bonds is 0. The fraction of sp³-hybridized carbons (Fsp3) is 0. The van der Waals surface area contributed by atoms with E-state index in [9.17, 15) is 4.79 Å². The molecule has 0 aliphatic carbocycles. The van der Waals surface area contributed by atoms with Gasteiger partial charge in [-0.05, 0) is 23.6 Å². The van der Waals surface area contributed by atoms with Crippen LogP contribution >= 0.6 is 11.3 Å². The van der Waals surface area contributed by atoms with Crippen molar-refractivity contribution in [2.75, 3.05) is 0 Å². The van der Waals surface area contributed by atoms with Gasteiger partial charge in [-0.15, -0.1) is 11.3 Å². The molecule has 0 radical (unpaired) electrons. The summed E-state index contributed by atoms with van der Waals surface area (Å²) in [5.74, 6) is 0. The van der Waals surface area contributed by atoms with E-state index in [0.29, 0.717) is 0 Å². The van der Waals surface area contributed by atoms with Crippen molar-refractivity contribution in [3.05, 3.63) is 40.0 Å². The van der Waals surface area contributed by atoms with Gasteiger partial charge in [0.2, 0.25) is 0 Å². The summed E-state index contributed by atoms with van der Waals surface area (Å²) in [7, 11) is 0. The normalized spacial score (nSPS) is 10.2. The molecule has 2 heterocycles. The molecule has 11 heavy (non-hydrogen) atoms. The lowest BCUT2D eigenvalue weighted by atomic mass is 10.4. The molecule has 0 aliphatic rings. The van der Waals surface area contributed by atoms with E-state index in [2.05, 4.69) is 4.98 Å². The fourth-order valence-electron chi connectivity index (χ4n) is 0.918. The SMILES string of the molecule is O=c1cccnc2ccsc12. The highest BCUT2D eigenvalue weighted by Gasteiger charge is 1.95. The van der Waals surface area contributed by atoms with Gasteiger partial charge in [-0.25, -0.2) is 0 Å². The molecule has 0 saturated heterocycles. The number of hydrogen-bond acceptors (Lipinski definition) is 3. The number of hydrogen-bond donors (Lipinski definition) is 0. The van der Waals surface area contributed by atoms with Crippen LogP contribution < -0.4 is 5.43 Å². The van der Waals surface area contributed by atoms with Gasteiger partial charge in [0.1, 0.15) is 4.70 Å². The van der Waals surface area contributed by atoms with Gasteiger partial charge in [-0.2, -0.15) is 0 Å². The van der Waals surface area contributed by atoms with Crippen LogP contribution in [0.2, 0.25) is 0 Å². The molecule has 2 aromatic heterocycles. The van der Waals surface area contributed by atoms with Crippen molar-refractivity contribution in [1.29, 1.82) is 0 Å². The van der Waals surface area contributed by atoms with E-state index in [1.54, 1.807) is 12.3 Å². The largest absolute Gasteiger partial charge is 0.288 e. The van der Waals surface area contributed by atoms with Crippen molar-refractivity contribution < 1.29 is 0 Å². The Balaban J connectivity index is 3.09. The first kappa shape index (κ1) is 6.49. The summed E-state index contributed by atoms with van der Waals surface area (Å²) in [6.07, 6.45) is 1.64. The smallest absolute Gasteiger partial charge is 0.198 e. The molecule has 3 heteroatoms. The molecule has 0 spiro atoms. The molecule has 0 bridgehead atoms. The third-order valence-corrected chi connectivity index (χ3v) is 2.33. The first-order chi connectivity index (χ1) is 5.38. The monoisotopic (exact) mass is 163 g/mol. The van der Waals surface area contributed by atoms with Crippen molar-refractivity contribution in [2.24, 2.45) is 0 Å². The average molecular weight is 163 g/mol. The fourth-order valence-corrected chi connectivity index (χ4v) is 1.68. The van der Waals surface area contributed by atoms with Gasteiger partial charge in [0.25, 0.3) is 0 Å². The van der Waals surface area contributed by atoms with Crippen LogP contribution in [0.4, 0.5) is 0 Å². The van der Waals surface area contributed by atoms with Crippen LogP contribution in [0.1, 0.15) is 0 Å². The van der Waals surface area contributed by atoms with E-state index in [1.807, 2.05) is 11.4 Å². The molecule has 2 rings (SSSR count). The lowest BCUT2D eigenvalue weighted by Crippen LogP contribution is -1.90. The summed E-state index contributed by atoms with van der Waals surface area (Å²) in [6.45, 7) is 0. The van der Waals surface area contributed by atoms with E-state index in [-0.39, 0.29) is 5.43 Å². The Hall–Kier alpha value is -1.22. The zero-order valence-corrected chi connectivity index (χ0v) is 6.47. The molecule has 2 aromatic rings. The third-order valence-electron chi connectivity index (χ3n) is 1.42. The predicted molar refractivity (Wildman–Crippen MR) is 45.9 cm³/mol. The second kappa shape index (κ2) is 2.43. The first-order valence-corrected chi connectivity index (χ1v) is 4.08. The zero-order valence-electron chi connectivity index (χ0n) is 5.65. The van der Waals surface area contributed by atoms with Gasteiger partial charge in [0, 0.05) is 6.20 Å². The second-order valence-electron chi connectivity index (χ2n) is 2.14. The average Bonchev–Trinajstić information content (AvgIpc) is 2.40. The van der Waals surface area contributed by atoms with Gasteiger partial charge in [0.15, 0.2) is 5.43 Å². The van der Waals surface area contributed by atoms with E-state index < -0.39 is 0 Å². The molecule has 0 N–H and O–H groups in total. The highest BCUT2D eigenvalue weighted by atomic mass is 32.1. The Kier molecular flexibility index (Phi) is 1.43. The quantitative estimate of drug-likeness (QED) is 0.591. The molecule has 0 saturated carbocycles. The maximum Gasteiger partial charge on any atom is 0.198 e. The molecule has 0 aliphatic heterocycles. The minimum absolute atomic E-state index is 0.0486. The summed E-state index contributed by atoms with van der Waals surface area (Å²) < 4.78 is 0.731. The van der Waals surface area contributed by atoms with Crippen LogP contribution in [-0.2, 0) is 0 Å². The lowest BCUT2D eigenvalue weighted by molar-refractivity contribution is 1.45.